The molecule has 1 N–H and O–H groups in total. The Bertz CT molecular complexity index is 779. The number of carbonyl (C=O) groups is 2. The standard InChI is InChI=1S/C22H36O8S/c1-16(2)8-10-20(24)17(3)7-6-13-22(5)21(30-18(4)23)11-9-19(15-28-22)12-14-29-31(25,26)27/h8,12,17,21H,6-7,9-11,13-15H2,1-5H3,(H,25,26,27)/t17?,21-,22+/m1/s1. The van der Waals surface area contributed by atoms with Crippen LogP contribution in [0.2, 0.25) is 0 Å². The second-order valence-electron chi connectivity index (χ2n) is 8.56. The van der Waals surface area contributed by atoms with Crippen LogP contribution in [0.1, 0.15) is 73.1 Å². The molecule has 1 heterocycles. The van der Waals surface area contributed by atoms with Gasteiger partial charge in [-0.05, 0) is 58.4 Å². The van der Waals surface area contributed by atoms with Gasteiger partial charge in [0.05, 0.1) is 13.2 Å². The van der Waals surface area contributed by atoms with Crippen molar-refractivity contribution in [1.82, 2.24) is 0 Å². The van der Waals surface area contributed by atoms with Gasteiger partial charge < -0.3 is 9.47 Å². The summed E-state index contributed by atoms with van der Waals surface area (Å²) in [7, 11) is -4.51. The van der Waals surface area contributed by atoms with E-state index in [-0.39, 0.29) is 24.9 Å². The molecule has 1 saturated heterocycles. The highest BCUT2D eigenvalue weighted by molar-refractivity contribution is 7.80. The van der Waals surface area contributed by atoms with Crippen LogP contribution in [0.3, 0.4) is 0 Å². The zero-order chi connectivity index (χ0) is 23.7. The third kappa shape index (κ3) is 11.0. The summed E-state index contributed by atoms with van der Waals surface area (Å²) in [4.78, 5) is 23.9. The van der Waals surface area contributed by atoms with Crippen LogP contribution in [0.5, 0.6) is 0 Å². The summed E-state index contributed by atoms with van der Waals surface area (Å²) in [6, 6.07) is 0. The fourth-order valence-electron chi connectivity index (χ4n) is 3.49. The third-order valence-corrected chi connectivity index (χ3v) is 5.90. The molecule has 1 aliphatic rings. The summed E-state index contributed by atoms with van der Waals surface area (Å²) < 4.78 is 46.1. The molecule has 1 rings (SSSR count). The Labute approximate surface area is 186 Å². The van der Waals surface area contributed by atoms with Gasteiger partial charge in [0.15, 0.2) is 0 Å². The molecular formula is C22H36O8S. The smallest absolute Gasteiger partial charge is 0.397 e. The molecule has 31 heavy (non-hydrogen) atoms. The Kier molecular flexibility index (Phi) is 11.1. The number of Topliss-reactive ketones (excluding diaryl/α,β-unsaturated/α-hetero) is 1. The van der Waals surface area contributed by atoms with Crippen molar-refractivity contribution in [2.45, 2.75) is 84.8 Å². The fraction of sp³-hybridized carbons (Fsp3) is 0.727. The lowest BCUT2D eigenvalue weighted by molar-refractivity contribution is -0.167. The Morgan fingerprint density at radius 1 is 1.32 bits per heavy atom. The van der Waals surface area contributed by atoms with E-state index in [0.29, 0.717) is 32.1 Å². The normalized spacial score (nSPS) is 24.3. The summed E-state index contributed by atoms with van der Waals surface area (Å²) >= 11 is 0. The summed E-state index contributed by atoms with van der Waals surface area (Å²) in [6.45, 7) is 9.05. The molecule has 0 aromatic heterocycles. The van der Waals surface area contributed by atoms with Gasteiger partial charge in [-0.15, -0.1) is 0 Å². The van der Waals surface area contributed by atoms with Crippen LogP contribution in [-0.4, -0.2) is 49.6 Å². The van der Waals surface area contributed by atoms with Gasteiger partial charge in [0.2, 0.25) is 0 Å². The molecule has 0 aliphatic carbocycles. The number of rotatable bonds is 11. The first-order chi connectivity index (χ1) is 14.3. The highest BCUT2D eigenvalue weighted by Gasteiger charge is 2.39. The molecule has 8 nitrogen and oxygen atoms in total. The molecule has 1 aliphatic heterocycles. The molecular weight excluding hydrogens is 424 g/mol. The SMILES string of the molecule is CC(=O)O[C@@H]1CCC(=CCOS(=O)(=O)O)CO[C@@]1(C)CCCC(C)C(=O)CC=C(C)C. The van der Waals surface area contributed by atoms with Gasteiger partial charge in [-0.2, -0.15) is 8.42 Å². The zero-order valence-electron chi connectivity index (χ0n) is 19.2. The van der Waals surface area contributed by atoms with E-state index in [9.17, 15) is 18.0 Å². The van der Waals surface area contributed by atoms with E-state index in [2.05, 4.69) is 4.18 Å². The predicted molar refractivity (Wildman–Crippen MR) is 117 cm³/mol. The van der Waals surface area contributed by atoms with Crippen molar-refractivity contribution in [3.05, 3.63) is 23.3 Å². The van der Waals surface area contributed by atoms with E-state index in [1.54, 1.807) is 6.08 Å². The van der Waals surface area contributed by atoms with Crippen LogP contribution in [-0.2, 0) is 33.6 Å². The highest BCUT2D eigenvalue weighted by Crippen LogP contribution is 2.34. The van der Waals surface area contributed by atoms with E-state index in [1.807, 2.05) is 33.8 Å². The monoisotopic (exact) mass is 460 g/mol. The minimum absolute atomic E-state index is 0.0646. The first kappa shape index (κ1) is 27.5. The molecule has 1 unspecified atom stereocenters. The summed E-state index contributed by atoms with van der Waals surface area (Å²) in [5.74, 6) is -0.258. The average molecular weight is 461 g/mol. The zero-order valence-corrected chi connectivity index (χ0v) is 20.0. The topological polar surface area (TPSA) is 116 Å². The second kappa shape index (κ2) is 12.5. The minimum atomic E-state index is -4.51. The number of ketones is 1. The van der Waals surface area contributed by atoms with E-state index in [0.717, 1.165) is 17.6 Å². The summed E-state index contributed by atoms with van der Waals surface area (Å²) in [6.07, 6.45) is 6.58. The predicted octanol–water partition coefficient (Wildman–Crippen LogP) is 3.96. The molecule has 0 spiro atoms. The molecule has 0 aromatic rings. The van der Waals surface area contributed by atoms with E-state index < -0.39 is 28.1 Å². The van der Waals surface area contributed by atoms with Gasteiger partial charge in [-0.25, -0.2) is 4.18 Å². The molecule has 1 fully saturated rings. The largest absolute Gasteiger partial charge is 0.459 e. The van der Waals surface area contributed by atoms with Gasteiger partial charge in [-0.1, -0.05) is 24.6 Å². The molecule has 178 valence electrons. The molecule has 0 aromatic carbocycles. The van der Waals surface area contributed by atoms with Crippen molar-refractivity contribution >= 4 is 22.2 Å². The van der Waals surface area contributed by atoms with Crippen LogP contribution in [0.25, 0.3) is 0 Å². The Hall–Kier alpha value is -1.55. The molecule has 3 atom stereocenters. The van der Waals surface area contributed by atoms with Crippen molar-refractivity contribution in [2.24, 2.45) is 5.92 Å². The van der Waals surface area contributed by atoms with Gasteiger partial charge in [-0.3, -0.25) is 14.1 Å². The van der Waals surface area contributed by atoms with Gasteiger partial charge in [0.1, 0.15) is 17.5 Å². The van der Waals surface area contributed by atoms with Gasteiger partial charge in [0.25, 0.3) is 0 Å². The maximum Gasteiger partial charge on any atom is 0.397 e. The lowest BCUT2D eigenvalue weighted by atomic mass is 9.87. The quantitative estimate of drug-likeness (QED) is 0.280. The number of ether oxygens (including phenoxy) is 2. The molecule has 0 saturated carbocycles. The fourth-order valence-corrected chi connectivity index (χ4v) is 3.73. The van der Waals surface area contributed by atoms with Crippen LogP contribution < -0.4 is 0 Å². The molecule has 9 heteroatoms. The average Bonchev–Trinajstić information content (AvgIpc) is 2.78. The Morgan fingerprint density at radius 2 is 2.00 bits per heavy atom. The first-order valence-electron chi connectivity index (χ1n) is 10.6. The lowest BCUT2D eigenvalue weighted by Crippen LogP contribution is -2.43. The third-order valence-electron chi connectivity index (χ3n) is 5.46. The maximum atomic E-state index is 12.3. The van der Waals surface area contributed by atoms with Crippen molar-refractivity contribution in [3.63, 3.8) is 0 Å². The number of hydrogen-bond acceptors (Lipinski definition) is 7. The van der Waals surface area contributed by atoms with E-state index in [1.165, 1.54) is 6.92 Å². The van der Waals surface area contributed by atoms with Crippen LogP contribution >= 0.6 is 0 Å². The number of hydrogen-bond donors (Lipinski definition) is 1. The van der Waals surface area contributed by atoms with Crippen LogP contribution in [0, 0.1) is 5.92 Å². The summed E-state index contributed by atoms with van der Waals surface area (Å²) in [5, 5.41) is 0. The van der Waals surface area contributed by atoms with Crippen molar-refractivity contribution < 1.29 is 36.2 Å². The van der Waals surface area contributed by atoms with Crippen LogP contribution in [0.15, 0.2) is 23.3 Å². The minimum Gasteiger partial charge on any atom is -0.459 e. The summed E-state index contributed by atoms with van der Waals surface area (Å²) in [5.41, 5.74) is 1.19. The van der Waals surface area contributed by atoms with Crippen molar-refractivity contribution in [3.8, 4) is 0 Å². The van der Waals surface area contributed by atoms with Gasteiger partial charge >= 0.3 is 16.4 Å². The van der Waals surface area contributed by atoms with Crippen molar-refractivity contribution in [1.29, 1.82) is 0 Å². The highest BCUT2D eigenvalue weighted by atomic mass is 32.3. The Morgan fingerprint density at radius 3 is 2.58 bits per heavy atom. The number of esters is 1. The number of allylic oxidation sites excluding steroid dienone is 2. The molecule has 0 amide bonds. The van der Waals surface area contributed by atoms with E-state index >= 15 is 0 Å². The number of carbonyl (C=O) groups excluding carboxylic acids is 2. The first-order valence-corrected chi connectivity index (χ1v) is 12.0. The van der Waals surface area contributed by atoms with Crippen LogP contribution in [0.4, 0.5) is 0 Å². The molecule has 0 radical (unpaired) electrons. The molecule has 0 bridgehead atoms. The lowest BCUT2D eigenvalue weighted by Gasteiger charge is -2.35. The Balaban J connectivity index is 2.75. The second-order valence-corrected chi connectivity index (χ2v) is 9.65. The van der Waals surface area contributed by atoms with Crippen molar-refractivity contribution in [2.75, 3.05) is 13.2 Å². The maximum absolute atomic E-state index is 12.3. The van der Waals surface area contributed by atoms with E-state index in [4.69, 9.17) is 14.0 Å². The van der Waals surface area contributed by atoms with Gasteiger partial charge in [0, 0.05) is 19.3 Å².